The highest BCUT2D eigenvalue weighted by atomic mass is 32.1. The van der Waals surface area contributed by atoms with Gasteiger partial charge in [0.2, 0.25) is 0 Å². The Hall–Kier alpha value is -6.58. The zero-order valence-corrected chi connectivity index (χ0v) is 43.9. The number of rotatable bonds is 13. The summed E-state index contributed by atoms with van der Waals surface area (Å²) in [6, 6.07) is 2.95. The number of ether oxygens (including phenoxy) is 4. The first-order valence-electron chi connectivity index (χ1n) is 22.9. The Kier molecular flexibility index (Phi) is 17.6. The van der Waals surface area contributed by atoms with E-state index in [0.29, 0.717) is 5.13 Å². The lowest BCUT2D eigenvalue weighted by molar-refractivity contribution is -0.148. The first-order valence-corrected chi connectivity index (χ1v) is 23.8. The number of hydrogen-bond donors (Lipinski definition) is 4. The van der Waals surface area contributed by atoms with Gasteiger partial charge in [0.1, 0.15) is 33.9 Å². The first-order chi connectivity index (χ1) is 32.1. The SMILES string of the molecule is CC(C)(C)OC(=O)C=Cc1c(N2CCN(C(=O)C(CCCNC(=O)OC(C)(C)C)(NC=NC(=O)OC(C)(C)C)NC(=O)OC(C)(C)C)CC2)nc2cc(C(=O)Nc3nc(C(C)(C)C)cs3)ccn2c1=O. The fourth-order valence-corrected chi connectivity index (χ4v) is 7.54. The molecule has 0 radical (unpaired) electrons. The fourth-order valence-electron chi connectivity index (χ4n) is 6.60. The van der Waals surface area contributed by atoms with Crippen LogP contribution in [0.5, 0.6) is 0 Å². The van der Waals surface area contributed by atoms with E-state index < -0.39 is 69.7 Å². The maximum atomic E-state index is 15.0. The van der Waals surface area contributed by atoms with E-state index >= 15 is 0 Å². The number of piperazine rings is 1. The number of carbonyl (C=O) groups excluding carboxylic acids is 6. The van der Waals surface area contributed by atoms with Crippen molar-refractivity contribution >= 4 is 76.4 Å². The van der Waals surface area contributed by atoms with Crippen LogP contribution in [0.25, 0.3) is 11.7 Å². The molecule has 4 rings (SSSR count). The van der Waals surface area contributed by atoms with Crippen molar-refractivity contribution < 1.29 is 47.7 Å². The maximum Gasteiger partial charge on any atom is 0.435 e. The lowest BCUT2D eigenvalue weighted by atomic mass is 9.93. The Balaban J connectivity index is 1.73. The number of aliphatic imine (C=N–C) groups is 1. The second-order valence-electron chi connectivity index (χ2n) is 21.6. The van der Waals surface area contributed by atoms with Gasteiger partial charge in [-0.05, 0) is 108 Å². The van der Waals surface area contributed by atoms with Gasteiger partial charge in [0.15, 0.2) is 10.8 Å². The van der Waals surface area contributed by atoms with E-state index in [4.69, 9.17) is 23.9 Å². The highest BCUT2D eigenvalue weighted by Crippen LogP contribution is 2.28. The summed E-state index contributed by atoms with van der Waals surface area (Å²) >= 11 is 1.29. The molecule has 1 aliphatic heterocycles. The van der Waals surface area contributed by atoms with Gasteiger partial charge >= 0.3 is 24.2 Å². The smallest absolute Gasteiger partial charge is 0.435 e. The quantitative estimate of drug-likeness (QED) is 0.0262. The largest absolute Gasteiger partial charge is 0.457 e. The number of amides is 5. The van der Waals surface area contributed by atoms with Crippen molar-refractivity contribution in [3.63, 3.8) is 0 Å². The molecule has 4 heterocycles. The van der Waals surface area contributed by atoms with Crippen molar-refractivity contribution in [3.8, 4) is 0 Å². The number of hydrogen-bond acceptors (Lipinski definition) is 15. The Labute approximate surface area is 413 Å². The van der Waals surface area contributed by atoms with Crippen molar-refractivity contribution in [2.24, 2.45) is 4.99 Å². The third kappa shape index (κ3) is 17.1. The number of nitrogens with zero attached hydrogens (tertiary/aromatic N) is 6. The third-order valence-electron chi connectivity index (χ3n) is 9.61. The van der Waals surface area contributed by atoms with E-state index in [9.17, 15) is 33.6 Å². The Morgan fingerprint density at radius 3 is 1.96 bits per heavy atom. The molecule has 1 unspecified atom stereocenters. The number of pyridine rings is 1. The summed E-state index contributed by atoms with van der Waals surface area (Å²) in [5, 5.41) is 13.3. The zero-order chi connectivity index (χ0) is 52.6. The van der Waals surface area contributed by atoms with Gasteiger partial charge in [-0.3, -0.25) is 29.4 Å². The average Bonchev–Trinajstić information content (AvgIpc) is 3.68. The van der Waals surface area contributed by atoms with Gasteiger partial charge in [-0.15, -0.1) is 11.3 Å². The van der Waals surface area contributed by atoms with Crippen molar-refractivity contribution in [2.45, 2.75) is 150 Å². The van der Waals surface area contributed by atoms with Gasteiger partial charge < -0.3 is 39.4 Å². The Bertz CT molecular complexity index is 2530. The summed E-state index contributed by atoms with van der Waals surface area (Å²) in [7, 11) is 0. The number of alkyl carbamates (subject to hydrolysis) is 2. The number of fused-ring (bicyclic) bond motifs is 1. The number of aromatic nitrogens is 3. The summed E-state index contributed by atoms with van der Waals surface area (Å²) in [5.41, 5.74) is -5.03. The van der Waals surface area contributed by atoms with E-state index in [1.807, 2.05) is 26.2 Å². The molecule has 1 saturated heterocycles. The van der Waals surface area contributed by atoms with Crippen LogP contribution in [0, 0.1) is 0 Å². The molecule has 21 nitrogen and oxygen atoms in total. The fraction of sp³-hybridized carbons (Fsp3) is 0.583. The van der Waals surface area contributed by atoms with Crippen LogP contribution in [-0.4, -0.2) is 122 Å². The molecule has 0 spiro atoms. The van der Waals surface area contributed by atoms with E-state index in [1.165, 1.54) is 45.0 Å². The molecule has 70 heavy (non-hydrogen) atoms. The molecule has 0 aliphatic carbocycles. The molecule has 3 aromatic heterocycles. The minimum atomic E-state index is -2.00. The Morgan fingerprint density at radius 1 is 0.786 bits per heavy atom. The molecule has 0 saturated carbocycles. The first kappa shape index (κ1) is 56.0. The van der Waals surface area contributed by atoms with Crippen LogP contribution in [0.3, 0.4) is 0 Å². The molecule has 0 bridgehead atoms. The summed E-state index contributed by atoms with van der Waals surface area (Å²) < 4.78 is 23.0. The monoisotopic (exact) mass is 994 g/mol. The molecule has 0 aromatic carbocycles. The summed E-state index contributed by atoms with van der Waals surface area (Å²) in [6.45, 7) is 26.5. The molecule has 384 valence electrons. The number of esters is 1. The van der Waals surface area contributed by atoms with E-state index in [2.05, 4.69) is 31.2 Å². The van der Waals surface area contributed by atoms with Gasteiger partial charge in [-0.1, -0.05) is 20.8 Å². The van der Waals surface area contributed by atoms with Crippen LogP contribution in [0.4, 0.5) is 25.3 Å². The number of thiazole rings is 1. The number of nitrogens with one attached hydrogen (secondary N) is 4. The summed E-state index contributed by atoms with van der Waals surface area (Å²) in [4.78, 5) is 111. The van der Waals surface area contributed by atoms with Gasteiger partial charge in [-0.25, -0.2) is 29.1 Å². The highest BCUT2D eigenvalue weighted by molar-refractivity contribution is 7.14. The third-order valence-corrected chi connectivity index (χ3v) is 10.4. The number of carbonyl (C=O) groups is 6. The normalized spacial score (nSPS) is 14.8. The zero-order valence-electron chi connectivity index (χ0n) is 43.1. The van der Waals surface area contributed by atoms with Crippen molar-refractivity contribution in [1.29, 1.82) is 0 Å². The van der Waals surface area contributed by atoms with Crippen molar-refractivity contribution in [1.82, 2.24) is 35.2 Å². The van der Waals surface area contributed by atoms with Gasteiger partial charge in [0.25, 0.3) is 17.4 Å². The second kappa shape index (κ2) is 22.0. The molecular weight excluding hydrogens is 925 g/mol. The van der Waals surface area contributed by atoms with Crippen LogP contribution in [0.15, 0.2) is 39.6 Å². The molecule has 1 fully saturated rings. The molecule has 5 amide bonds. The highest BCUT2D eigenvalue weighted by Gasteiger charge is 2.44. The van der Waals surface area contributed by atoms with Crippen LogP contribution in [-0.2, 0) is 34.0 Å². The standard InChI is InChI=1S/C48H70N10O11S/c1-43(2,3)32-28-70-39(52-32)54-36(60)30-19-22-58-33(27-30)53-35(31(37(58)61)17-18-34(59)66-44(4,5)6)56-23-25-57(26-24-56)38(62)48(55-42(65)69-47(13,14)15,51-29-50-41(64)68-46(10,11)12)20-16-21-49-40(63)67-45(7,8)9/h17-19,22,27-29H,16,20-21,23-26H2,1-15H3,(H,49,63)(H,55,65)(H,50,51,64)(H,52,54,60). The van der Waals surface area contributed by atoms with Crippen LogP contribution in [0.1, 0.15) is 138 Å². The average molecular weight is 995 g/mol. The molecule has 22 heteroatoms. The number of anilines is 2. The van der Waals surface area contributed by atoms with Crippen LogP contribution in [0.2, 0.25) is 0 Å². The lowest BCUT2D eigenvalue weighted by Gasteiger charge is -2.42. The van der Waals surface area contributed by atoms with E-state index in [0.717, 1.165) is 18.1 Å². The topological polar surface area (TPSA) is 254 Å². The predicted octanol–water partition coefficient (Wildman–Crippen LogP) is 6.78. The Morgan fingerprint density at radius 2 is 1.39 bits per heavy atom. The predicted molar refractivity (Wildman–Crippen MR) is 267 cm³/mol. The minimum absolute atomic E-state index is 0.0146. The molecule has 3 aromatic rings. The van der Waals surface area contributed by atoms with Gasteiger partial charge in [-0.2, -0.15) is 4.99 Å². The molecular formula is C48H70N10O11S. The van der Waals surface area contributed by atoms with Crippen molar-refractivity contribution in [2.75, 3.05) is 42.9 Å². The lowest BCUT2D eigenvalue weighted by Crippen LogP contribution is -2.69. The maximum absolute atomic E-state index is 15.0. The molecule has 4 N–H and O–H groups in total. The minimum Gasteiger partial charge on any atom is -0.457 e. The molecule has 1 atom stereocenters. The van der Waals surface area contributed by atoms with Gasteiger partial charge in [0, 0.05) is 67.8 Å². The summed E-state index contributed by atoms with van der Waals surface area (Å²) in [5.74, 6) is -1.64. The van der Waals surface area contributed by atoms with Crippen molar-refractivity contribution in [3.05, 3.63) is 57.0 Å². The van der Waals surface area contributed by atoms with Crippen LogP contribution < -0.4 is 31.7 Å². The van der Waals surface area contributed by atoms with E-state index in [1.54, 1.807) is 88.0 Å². The molecule has 1 aliphatic rings. The summed E-state index contributed by atoms with van der Waals surface area (Å²) in [6.07, 6.45) is 2.19. The van der Waals surface area contributed by atoms with Gasteiger partial charge in [0.05, 0.1) is 17.6 Å². The van der Waals surface area contributed by atoms with Crippen LogP contribution >= 0.6 is 11.3 Å². The second-order valence-corrected chi connectivity index (χ2v) is 22.5. The van der Waals surface area contributed by atoms with E-state index in [-0.39, 0.29) is 73.6 Å².